The van der Waals surface area contributed by atoms with Gasteiger partial charge in [0.1, 0.15) is 5.75 Å². The summed E-state index contributed by atoms with van der Waals surface area (Å²) in [6.07, 6.45) is 5.11. The largest absolute Gasteiger partial charge is 0.496 e. The van der Waals surface area contributed by atoms with E-state index in [2.05, 4.69) is 50.8 Å². The highest BCUT2D eigenvalue weighted by Gasteiger charge is 2.36. The quantitative estimate of drug-likeness (QED) is 0.437. The Hall–Kier alpha value is -2.99. The zero-order valence-corrected chi connectivity index (χ0v) is 21.6. The van der Waals surface area contributed by atoms with Crippen LogP contribution in [0, 0.1) is 6.92 Å². The third-order valence-corrected chi connectivity index (χ3v) is 7.27. The zero-order chi connectivity index (χ0) is 24.6. The molecule has 34 heavy (non-hydrogen) atoms. The first-order chi connectivity index (χ1) is 16.1. The predicted molar refractivity (Wildman–Crippen MR) is 141 cm³/mol. The number of hydrogen-bond donors (Lipinski definition) is 0. The molecule has 2 aromatic rings. The molecule has 6 heteroatoms. The molecule has 0 saturated carbocycles. The molecule has 1 fully saturated rings. The van der Waals surface area contributed by atoms with Gasteiger partial charge >= 0.3 is 0 Å². The number of methoxy groups -OCH3 is 1. The number of aryl methyl sites for hydroxylation is 1. The molecular formula is C28H32N2O3S. The van der Waals surface area contributed by atoms with Gasteiger partial charge in [-0.1, -0.05) is 42.8 Å². The number of nitrogens with zero attached hydrogens (tertiary/aromatic N) is 2. The molecule has 2 amide bonds. The lowest BCUT2D eigenvalue weighted by atomic mass is 9.87. The SMILES string of the molecule is CCCN1c2cc(OC)c(/C=C3/SC(=O)N(Cc4cccc(C)c4)C3=O)cc2C(C)=CC1(C)C. The zero-order valence-electron chi connectivity index (χ0n) is 20.8. The number of carbonyl (C=O) groups excluding carboxylic acids is 2. The van der Waals surface area contributed by atoms with Gasteiger partial charge in [0.2, 0.25) is 0 Å². The van der Waals surface area contributed by atoms with E-state index in [0.29, 0.717) is 10.7 Å². The van der Waals surface area contributed by atoms with Gasteiger partial charge in [-0.3, -0.25) is 14.5 Å². The summed E-state index contributed by atoms with van der Waals surface area (Å²) in [6.45, 7) is 11.9. The lowest BCUT2D eigenvalue weighted by Crippen LogP contribution is -2.45. The van der Waals surface area contributed by atoms with Gasteiger partial charge < -0.3 is 9.64 Å². The Bertz CT molecular complexity index is 1210. The minimum Gasteiger partial charge on any atom is -0.496 e. The number of carbonyl (C=O) groups is 2. The van der Waals surface area contributed by atoms with Crippen molar-refractivity contribution in [1.82, 2.24) is 4.90 Å². The summed E-state index contributed by atoms with van der Waals surface area (Å²) in [7, 11) is 1.64. The first-order valence-electron chi connectivity index (χ1n) is 11.6. The smallest absolute Gasteiger partial charge is 0.293 e. The van der Waals surface area contributed by atoms with E-state index >= 15 is 0 Å². The summed E-state index contributed by atoms with van der Waals surface area (Å²) in [6, 6.07) is 12.0. The standard InChI is InChI=1S/C28H32N2O3S/c1-7-11-30-23-15-24(33-6)21(13-22(23)19(3)16-28(30,4)5)14-25-26(31)29(27(32)34-25)17-20-10-8-9-18(2)12-20/h8-10,12-16H,7,11,17H2,1-6H3/b25-14+. The van der Waals surface area contributed by atoms with E-state index in [4.69, 9.17) is 4.74 Å². The van der Waals surface area contributed by atoms with E-state index in [9.17, 15) is 9.59 Å². The number of ether oxygens (including phenoxy) is 1. The summed E-state index contributed by atoms with van der Waals surface area (Å²) in [4.78, 5) is 29.9. The number of fused-ring (bicyclic) bond motifs is 1. The Morgan fingerprint density at radius 2 is 1.88 bits per heavy atom. The number of imide groups is 1. The van der Waals surface area contributed by atoms with Crippen LogP contribution in [0.25, 0.3) is 11.6 Å². The molecule has 5 nitrogen and oxygen atoms in total. The van der Waals surface area contributed by atoms with Crippen LogP contribution in [0.3, 0.4) is 0 Å². The van der Waals surface area contributed by atoms with Crippen LogP contribution in [0.2, 0.25) is 0 Å². The number of benzene rings is 2. The highest BCUT2D eigenvalue weighted by molar-refractivity contribution is 8.18. The third kappa shape index (κ3) is 4.51. The fourth-order valence-electron chi connectivity index (χ4n) is 4.81. The Morgan fingerprint density at radius 1 is 1.12 bits per heavy atom. The molecule has 0 aromatic heterocycles. The highest BCUT2D eigenvalue weighted by atomic mass is 32.2. The van der Waals surface area contributed by atoms with Crippen LogP contribution in [-0.4, -0.2) is 35.2 Å². The second kappa shape index (κ2) is 9.34. The fourth-order valence-corrected chi connectivity index (χ4v) is 5.64. The molecule has 0 spiro atoms. The number of thioether (sulfide) groups is 1. The van der Waals surface area contributed by atoms with E-state index in [0.717, 1.165) is 52.7 Å². The van der Waals surface area contributed by atoms with Gasteiger partial charge in [0.25, 0.3) is 11.1 Å². The lowest BCUT2D eigenvalue weighted by Gasteiger charge is -2.43. The van der Waals surface area contributed by atoms with Crippen molar-refractivity contribution in [2.75, 3.05) is 18.6 Å². The fraction of sp³-hybridized carbons (Fsp3) is 0.357. The highest BCUT2D eigenvalue weighted by Crippen LogP contribution is 2.43. The van der Waals surface area contributed by atoms with Gasteiger partial charge in [-0.2, -0.15) is 0 Å². The normalized spacial score (nSPS) is 18.4. The molecule has 2 heterocycles. The first kappa shape index (κ1) is 24.1. The van der Waals surface area contributed by atoms with Crippen LogP contribution < -0.4 is 9.64 Å². The van der Waals surface area contributed by atoms with Crippen molar-refractivity contribution in [1.29, 1.82) is 0 Å². The molecule has 0 bridgehead atoms. The maximum atomic E-state index is 13.1. The number of amides is 2. The second-order valence-corrected chi connectivity index (χ2v) is 10.5. The summed E-state index contributed by atoms with van der Waals surface area (Å²) < 4.78 is 5.74. The number of anilines is 1. The van der Waals surface area contributed by atoms with Crippen molar-refractivity contribution in [3.05, 3.63) is 69.6 Å². The lowest BCUT2D eigenvalue weighted by molar-refractivity contribution is -0.123. The van der Waals surface area contributed by atoms with Gasteiger partial charge in [-0.05, 0) is 69.2 Å². The van der Waals surface area contributed by atoms with E-state index < -0.39 is 0 Å². The number of hydrogen-bond acceptors (Lipinski definition) is 5. The van der Waals surface area contributed by atoms with Crippen LogP contribution in [0.15, 0.2) is 47.4 Å². The number of allylic oxidation sites excluding steroid dienone is 1. The molecule has 0 aliphatic carbocycles. The Balaban J connectivity index is 1.70. The molecule has 0 radical (unpaired) electrons. The van der Waals surface area contributed by atoms with E-state index in [1.165, 1.54) is 10.5 Å². The van der Waals surface area contributed by atoms with Crippen molar-refractivity contribution in [2.24, 2.45) is 0 Å². The van der Waals surface area contributed by atoms with Crippen LogP contribution >= 0.6 is 11.8 Å². The number of rotatable bonds is 6. The first-order valence-corrected chi connectivity index (χ1v) is 12.5. The Morgan fingerprint density at radius 3 is 2.56 bits per heavy atom. The summed E-state index contributed by atoms with van der Waals surface area (Å²) in [5, 5.41) is -0.248. The maximum Gasteiger partial charge on any atom is 0.293 e. The molecule has 0 N–H and O–H groups in total. The van der Waals surface area contributed by atoms with Gasteiger partial charge in [0.05, 0.1) is 24.1 Å². The van der Waals surface area contributed by atoms with Crippen molar-refractivity contribution in [3.63, 3.8) is 0 Å². The van der Waals surface area contributed by atoms with Gasteiger partial charge in [-0.25, -0.2) is 0 Å². The maximum absolute atomic E-state index is 13.1. The molecule has 2 aliphatic heterocycles. The van der Waals surface area contributed by atoms with Crippen molar-refractivity contribution < 1.29 is 14.3 Å². The van der Waals surface area contributed by atoms with E-state index in [1.54, 1.807) is 13.2 Å². The monoisotopic (exact) mass is 476 g/mol. The molecule has 2 aromatic carbocycles. The summed E-state index contributed by atoms with van der Waals surface area (Å²) in [5.74, 6) is 0.424. The van der Waals surface area contributed by atoms with E-state index in [-0.39, 0.29) is 23.2 Å². The Labute approximate surface area is 206 Å². The van der Waals surface area contributed by atoms with E-state index in [1.807, 2.05) is 31.2 Å². The average molecular weight is 477 g/mol. The van der Waals surface area contributed by atoms with Gasteiger partial charge in [0.15, 0.2) is 0 Å². The second-order valence-electron chi connectivity index (χ2n) is 9.50. The molecular weight excluding hydrogens is 444 g/mol. The average Bonchev–Trinajstić information content (AvgIpc) is 3.03. The molecule has 0 unspecified atom stereocenters. The molecule has 4 rings (SSSR count). The third-order valence-electron chi connectivity index (χ3n) is 6.36. The molecule has 178 valence electrons. The minimum absolute atomic E-state index is 0.0991. The summed E-state index contributed by atoms with van der Waals surface area (Å²) in [5.41, 5.74) is 6.19. The van der Waals surface area contributed by atoms with Crippen LogP contribution in [0.4, 0.5) is 10.5 Å². The van der Waals surface area contributed by atoms with Gasteiger partial charge in [-0.15, -0.1) is 0 Å². The van der Waals surface area contributed by atoms with Crippen molar-refractivity contribution in [2.45, 2.75) is 53.1 Å². The molecule has 0 atom stereocenters. The minimum atomic E-state index is -0.266. The Kier molecular flexibility index (Phi) is 6.63. The van der Waals surface area contributed by atoms with Crippen LogP contribution in [0.1, 0.15) is 56.4 Å². The molecule has 1 saturated heterocycles. The molecule has 2 aliphatic rings. The van der Waals surface area contributed by atoms with Crippen molar-refractivity contribution >= 4 is 40.2 Å². The van der Waals surface area contributed by atoms with Crippen LogP contribution in [0.5, 0.6) is 5.75 Å². The summed E-state index contributed by atoms with van der Waals surface area (Å²) >= 11 is 0.984. The van der Waals surface area contributed by atoms with Crippen LogP contribution in [-0.2, 0) is 11.3 Å². The van der Waals surface area contributed by atoms with Crippen molar-refractivity contribution in [3.8, 4) is 5.75 Å². The topological polar surface area (TPSA) is 49.9 Å². The predicted octanol–water partition coefficient (Wildman–Crippen LogP) is 6.65. The van der Waals surface area contributed by atoms with Gasteiger partial charge in [0, 0.05) is 29.4 Å².